The fraction of sp³-hybridized carbons (Fsp3) is 0.650. The Labute approximate surface area is 175 Å². The summed E-state index contributed by atoms with van der Waals surface area (Å²) in [6.07, 6.45) is 4.98. The number of carbonyl (C=O) groups is 1. The number of rotatable bonds is 5. The molecule has 0 saturated carbocycles. The number of halogens is 1. The van der Waals surface area contributed by atoms with Gasteiger partial charge in [0.15, 0.2) is 0 Å². The number of sulfonamides is 1. The minimum absolute atomic E-state index is 0. The van der Waals surface area contributed by atoms with Crippen molar-refractivity contribution in [3.05, 3.63) is 29.3 Å². The molecule has 28 heavy (non-hydrogen) atoms. The Kier molecular flexibility index (Phi) is 8.30. The lowest BCUT2D eigenvalue weighted by Crippen LogP contribution is -2.42. The number of aryl methyl sites for hydroxylation is 1. The van der Waals surface area contributed by atoms with Gasteiger partial charge in [0.1, 0.15) is 0 Å². The lowest BCUT2D eigenvalue weighted by Gasteiger charge is -2.33. The van der Waals surface area contributed by atoms with E-state index < -0.39 is 10.0 Å². The molecule has 1 aromatic carbocycles. The number of amides is 1. The molecule has 8 heteroatoms. The van der Waals surface area contributed by atoms with Gasteiger partial charge in [-0.15, -0.1) is 12.4 Å². The molecule has 1 atom stereocenters. The maximum atomic E-state index is 13.1. The monoisotopic (exact) mass is 429 g/mol. The van der Waals surface area contributed by atoms with E-state index in [0.717, 1.165) is 51.7 Å². The minimum atomic E-state index is -3.55. The summed E-state index contributed by atoms with van der Waals surface area (Å²) in [5, 5.41) is 3.19. The molecule has 1 unspecified atom stereocenters. The Bertz CT molecular complexity index is 777. The largest absolute Gasteiger partial charge is 0.338 e. The predicted molar refractivity (Wildman–Crippen MR) is 114 cm³/mol. The second kappa shape index (κ2) is 10.1. The molecule has 0 bridgehead atoms. The van der Waals surface area contributed by atoms with E-state index in [4.69, 9.17) is 0 Å². The van der Waals surface area contributed by atoms with Gasteiger partial charge in [0.05, 0.1) is 4.90 Å². The van der Waals surface area contributed by atoms with Crippen molar-refractivity contribution in [1.29, 1.82) is 0 Å². The van der Waals surface area contributed by atoms with Crippen molar-refractivity contribution in [1.82, 2.24) is 14.5 Å². The fourth-order valence-corrected chi connectivity index (χ4v) is 5.91. The van der Waals surface area contributed by atoms with E-state index in [9.17, 15) is 13.2 Å². The molecule has 3 rings (SSSR count). The molecule has 2 fully saturated rings. The van der Waals surface area contributed by atoms with E-state index in [1.54, 1.807) is 29.4 Å². The van der Waals surface area contributed by atoms with Crippen LogP contribution in [0.2, 0.25) is 0 Å². The minimum Gasteiger partial charge on any atom is -0.338 e. The van der Waals surface area contributed by atoms with Gasteiger partial charge in [-0.3, -0.25) is 4.79 Å². The first-order valence-corrected chi connectivity index (χ1v) is 11.4. The van der Waals surface area contributed by atoms with Crippen LogP contribution >= 0.6 is 12.4 Å². The number of carbonyl (C=O) groups excluding carboxylic acids is 1. The smallest absolute Gasteiger partial charge is 0.253 e. The van der Waals surface area contributed by atoms with E-state index in [1.807, 2.05) is 11.9 Å². The molecule has 1 aromatic rings. The maximum Gasteiger partial charge on any atom is 0.253 e. The van der Waals surface area contributed by atoms with Crippen molar-refractivity contribution in [2.75, 3.05) is 39.8 Å². The highest BCUT2D eigenvalue weighted by atomic mass is 35.5. The Morgan fingerprint density at radius 2 is 1.86 bits per heavy atom. The molecule has 0 radical (unpaired) electrons. The number of nitrogens with zero attached hydrogens (tertiary/aromatic N) is 2. The van der Waals surface area contributed by atoms with Crippen molar-refractivity contribution in [2.45, 2.75) is 43.9 Å². The number of nitrogens with one attached hydrogen (secondary N) is 1. The Hall–Kier alpha value is -1.15. The second-order valence-corrected chi connectivity index (χ2v) is 9.67. The predicted octanol–water partition coefficient (Wildman–Crippen LogP) is 2.66. The molecule has 0 spiro atoms. The van der Waals surface area contributed by atoms with Crippen LogP contribution in [0, 0.1) is 12.8 Å². The van der Waals surface area contributed by atoms with Crippen LogP contribution < -0.4 is 5.32 Å². The quantitative estimate of drug-likeness (QED) is 0.781. The van der Waals surface area contributed by atoms with Crippen LogP contribution in [0.25, 0.3) is 0 Å². The second-order valence-electron chi connectivity index (χ2n) is 7.76. The van der Waals surface area contributed by atoms with Crippen LogP contribution in [0.1, 0.15) is 48.0 Å². The molecule has 158 valence electrons. The normalized spacial score (nSPS) is 21.2. The Balaban J connectivity index is 0.00000280. The highest BCUT2D eigenvalue weighted by Crippen LogP contribution is 2.26. The maximum absolute atomic E-state index is 13.1. The average molecular weight is 430 g/mol. The van der Waals surface area contributed by atoms with Crippen LogP contribution in [-0.4, -0.2) is 63.3 Å². The van der Waals surface area contributed by atoms with Gasteiger partial charge < -0.3 is 10.2 Å². The van der Waals surface area contributed by atoms with Crippen molar-refractivity contribution in [2.24, 2.45) is 5.92 Å². The van der Waals surface area contributed by atoms with Crippen LogP contribution in [0.3, 0.4) is 0 Å². The van der Waals surface area contributed by atoms with Gasteiger partial charge in [0.25, 0.3) is 5.91 Å². The van der Waals surface area contributed by atoms with Crippen LogP contribution in [-0.2, 0) is 10.0 Å². The van der Waals surface area contributed by atoms with Gasteiger partial charge in [0, 0.05) is 31.7 Å². The van der Waals surface area contributed by atoms with Gasteiger partial charge in [-0.25, -0.2) is 8.42 Å². The van der Waals surface area contributed by atoms with Gasteiger partial charge >= 0.3 is 0 Å². The molecule has 1 amide bonds. The third-order valence-corrected chi connectivity index (χ3v) is 7.71. The summed E-state index contributed by atoms with van der Waals surface area (Å²) in [6, 6.07) is 5.11. The number of hydrogen-bond donors (Lipinski definition) is 1. The van der Waals surface area contributed by atoms with Crippen molar-refractivity contribution in [3.63, 3.8) is 0 Å². The first-order chi connectivity index (χ1) is 12.9. The van der Waals surface area contributed by atoms with E-state index in [0.29, 0.717) is 30.1 Å². The van der Waals surface area contributed by atoms with Crippen LogP contribution in [0.5, 0.6) is 0 Å². The highest BCUT2D eigenvalue weighted by Gasteiger charge is 2.29. The summed E-state index contributed by atoms with van der Waals surface area (Å²) in [7, 11) is -1.62. The number of piperidine rings is 2. The molecule has 1 N–H and O–H groups in total. The summed E-state index contributed by atoms with van der Waals surface area (Å²) in [4.78, 5) is 15.2. The summed E-state index contributed by atoms with van der Waals surface area (Å²) in [6.45, 7) is 5.29. The molecular weight excluding hydrogens is 398 g/mol. The molecule has 2 aliphatic rings. The zero-order valence-electron chi connectivity index (χ0n) is 16.8. The number of hydrogen-bond acceptors (Lipinski definition) is 4. The summed E-state index contributed by atoms with van der Waals surface area (Å²) in [5.41, 5.74) is 1.17. The molecular formula is C20H32ClN3O3S. The lowest BCUT2D eigenvalue weighted by molar-refractivity contribution is 0.0674. The summed E-state index contributed by atoms with van der Waals surface area (Å²) < 4.78 is 27.7. The molecule has 6 nitrogen and oxygen atoms in total. The topological polar surface area (TPSA) is 69.7 Å². The molecule has 2 aliphatic heterocycles. The highest BCUT2D eigenvalue weighted by molar-refractivity contribution is 7.89. The van der Waals surface area contributed by atoms with Gasteiger partial charge in [-0.05, 0) is 69.8 Å². The summed E-state index contributed by atoms with van der Waals surface area (Å²) >= 11 is 0. The van der Waals surface area contributed by atoms with E-state index in [1.165, 1.54) is 0 Å². The third-order valence-electron chi connectivity index (χ3n) is 5.67. The molecule has 2 heterocycles. The first kappa shape index (κ1) is 23.1. The average Bonchev–Trinajstić information content (AvgIpc) is 2.69. The Morgan fingerprint density at radius 1 is 1.14 bits per heavy atom. The zero-order chi connectivity index (χ0) is 19.4. The van der Waals surface area contributed by atoms with E-state index in [-0.39, 0.29) is 23.2 Å². The molecule has 2 saturated heterocycles. The first-order valence-electron chi connectivity index (χ1n) is 9.98. The number of likely N-dealkylation sites (tertiary alicyclic amines) is 1. The lowest BCUT2D eigenvalue weighted by atomic mass is 9.97. The zero-order valence-corrected chi connectivity index (χ0v) is 18.4. The molecule has 0 aliphatic carbocycles. The van der Waals surface area contributed by atoms with E-state index in [2.05, 4.69) is 5.32 Å². The molecule has 0 aromatic heterocycles. The summed E-state index contributed by atoms with van der Waals surface area (Å²) in [5.74, 6) is 0.389. The van der Waals surface area contributed by atoms with Crippen LogP contribution in [0.15, 0.2) is 23.1 Å². The van der Waals surface area contributed by atoms with Crippen molar-refractivity contribution in [3.8, 4) is 0 Å². The van der Waals surface area contributed by atoms with Gasteiger partial charge in [0.2, 0.25) is 10.0 Å². The number of benzene rings is 1. The van der Waals surface area contributed by atoms with E-state index >= 15 is 0 Å². The fourth-order valence-electron chi connectivity index (χ4n) is 4.14. The standard InChI is InChI=1S/C20H31N3O3S.ClH/c1-16-8-9-18(20(24)22-10-6-7-17(15-22)14-21-2)13-19(16)27(25,26)23-11-4-3-5-12-23;/h8-9,13,17,21H,3-7,10-12,14-15H2,1-2H3;1H. The Morgan fingerprint density at radius 3 is 2.54 bits per heavy atom. The van der Waals surface area contributed by atoms with Crippen molar-refractivity contribution >= 4 is 28.3 Å². The van der Waals surface area contributed by atoms with Crippen molar-refractivity contribution < 1.29 is 13.2 Å². The van der Waals surface area contributed by atoms with Gasteiger partial charge in [-0.1, -0.05) is 12.5 Å². The van der Waals surface area contributed by atoms with Gasteiger partial charge in [-0.2, -0.15) is 4.31 Å². The van der Waals surface area contributed by atoms with Crippen LogP contribution in [0.4, 0.5) is 0 Å². The third kappa shape index (κ3) is 5.06. The SMILES string of the molecule is CNCC1CCCN(C(=O)c2ccc(C)c(S(=O)(=O)N3CCCCC3)c2)C1.Cl.